The molecule has 2 aromatic carbocycles. The van der Waals surface area contributed by atoms with Crippen LogP contribution >= 0.6 is 0 Å². The molecule has 0 radical (unpaired) electrons. The van der Waals surface area contributed by atoms with Gasteiger partial charge >= 0.3 is 5.97 Å². The Labute approximate surface area is 138 Å². The molecule has 5 heteroatoms. The summed E-state index contributed by atoms with van der Waals surface area (Å²) in [5, 5.41) is 1.99. The zero-order valence-electron chi connectivity index (χ0n) is 13.3. The summed E-state index contributed by atoms with van der Waals surface area (Å²) in [6, 6.07) is 13.3. The minimum absolute atomic E-state index is 0.0597. The first-order valence-corrected chi connectivity index (χ1v) is 7.61. The Hall–Kier alpha value is -3.08. The van der Waals surface area contributed by atoms with Crippen LogP contribution in [0.5, 0.6) is 0 Å². The number of hydrogen-bond acceptors (Lipinski definition) is 4. The number of methoxy groups -OCH3 is 1. The third-order valence-corrected chi connectivity index (χ3v) is 4.30. The largest absolute Gasteiger partial charge is 0.463 e. The first-order chi connectivity index (χ1) is 11.6. The van der Waals surface area contributed by atoms with Gasteiger partial charge in [0.15, 0.2) is 0 Å². The Kier molecular flexibility index (Phi) is 3.16. The van der Waals surface area contributed by atoms with E-state index in [0.717, 1.165) is 16.5 Å². The summed E-state index contributed by atoms with van der Waals surface area (Å²) in [7, 11) is 1.31. The van der Waals surface area contributed by atoms with Crippen LogP contribution in [0.25, 0.3) is 10.8 Å². The molecule has 0 N–H and O–H groups in total. The fourth-order valence-electron chi connectivity index (χ4n) is 3.21. The summed E-state index contributed by atoms with van der Waals surface area (Å²) in [4.78, 5) is 26.1. The molecule has 0 bridgehead atoms. The SMILES string of the molecule is COC(=O)c1oc(CN2C(=O)c3cccc4cccc2c34)cc1C. The predicted octanol–water partition coefficient (Wildman–Crippen LogP) is 3.69. The Morgan fingerprint density at radius 3 is 2.71 bits per heavy atom. The molecule has 5 nitrogen and oxygen atoms in total. The van der Waals surface area contributed by atoms with Crippen LogP contribution in [0.1, 0.15) is 32.2 Å². The molecule has 120 valence electrons. The van der Waals surface area contributed by atoms with Crippen molar-refractivity contribution in [1.29, 1.82) is 0 Å². The Morgan fingerprint density at radius 1 is 1.21 bits per heavy atom. The second-order valence-electron chi connectivity index (χ2n) is 5.79. The summed E-state index contributed by atoms with van der Waals surface area (Å²) in [5.41, 5.74) is 2.25. The number of carbonyl (C=O) groups is 2. The van der Waals surface area contributed by atoms with E-state index in [0.29, 0.717) is 16.9 Å². The second kappa shape index (κ2) is 5.23. The summed E-state index contributed by atoms with van der Waals surface area (Å²) >= 11 is 0. The predicted molar refractivity (Wildman–Crippen MR) is 89.2 cm³/mol. The maximum atomic E-state index is 12.8. The van der Waals surface area contributed by atoms with Crippen molar-refractivity contribution in [3.05, 3.63) is 65.1 Å². The van der Waals surface area contributed by atoms with Crippen LogP contribution in [0, 0.1) is 6.92 Å². The number of furan rings is 1. The lowest BCUT2D eigenvalue weighted by atomic mass is 10.1. The molecule has 4 rings (SSSR count). The van der Waals surface area contributed by atoms with Crippen molar-refractivity contribution in [3.8, 4) is 0 Å². The number of esters is 1. The quantitative estimate of drug-likeness (QED) is 0.690. The highest BCUT2D eigenvalue weighted by Gasteiger charge is 2.30. The topological polar surface area (TPSA) is 59.8 Å². The number of benzene rings is 2. The zero-order valence-corrected chi connectivity index (χ0v) is 13.3. The van der Waals surface area contributed by atoms with Gasteiger partial charge in [0.2, 0.25) is 5.76 Å². The van der Waals surface area contributed by atoms with Crippen LogP contribution in [-0.4, -0.2) is 19.0 Å². The molecule has 0 saturated carbocycles. The maximum Gasteiger partial charge on any atom is 0.374 e. The molecule has 1 amide bonds. The molecule has 0 unspecified atom stereocenters. The Bertz CT molecular complexity index is 981. The fourth-order valence-corrected chi connectivity index (χ4v) is 3.21. The normalized spacial score (nSPS) is 12.9. The molecule has 0 spiro atoms. The van der Waals surface area contributed by atoms with Crippen molar-refractivity contribution >= 4 is 28.3 Å². The number of aryl methyl sites for hydroxylation is 1. The molecule has 0 fully saturated rings. The van der Waals surface area contributed by atoms with E-state index < -0.39 is 5.97 Å². The van der Waals surface area contributed by atoms with Gasteiger partial charge in [-0.3, -0.25) is 4.79 Å². The van der Waals surface area contributed by atoms with Gasteiger partial charge in [0.25, 0.3) is 5.91 Å². The smallest absolute Gasteiger partial charge is 0.374 e. The van der Waals surface area contributed by atoms with Crippen LogP contribution in [0.4, 0.5) is 5.69 Å². The van der Waals surface area contributed by atoms with E-state index in [1.165, 1.54) is 7.11 Å². The number of anilines is 1. The number of carbonyl (C=O) groups excluding carboxylic acids is 2. The highest BCUT2D eigenvalue weighted by molar-refractivity contribution is 6.24. The molecule has 0 aliphatic carbocycles. The monoisotopic (exact) mass is 321 g/mol. The number of nitrogens with zero attached hydrogens (tertiary/aromatic N) is 1. The average Bonchev–Trinajstić information content (AvgIpc) is 3.09. The molecule has 3 aromatic rings. The Morgan fingerprint density at radius 2 is 1.96 bits per heavy atom. The van der Waals surface area contributed by atoms with Crippen molar-refractivity contribution < 1.29 is 18.7 Å². The third kappa shape index (κ3) is 2.01. The molecule has 1 aliphatic heterocycles. The summed E-state index contributed by atoms with van der Waals surface area (Å²) in [6.07, 6.45) is 0. The average molecular weight is 321 g/mol. The van der Waals surface area contributed by atoms with Gasteiger partial charge in [-0.25, -0.2) is 4.79 Å². The third-order valence-electron chi connectivity index (χ3n) is 4.30. The first kappa shape index (κ1) is 14.5. The minimum Gasteiger partial charge on any atom is -0.463 e. The second-order valence-corrected chi connectivity index (χ2v) is 5.79. The molecule has 1 aliphatic rings. The molecule has 0 saturated heterocycles. The first-order valence-electron chi connectivity index (χ1n) is 7.61. The lowest BCUT2D eigenvalue weighted by Gasteiger charge is -2.16. The van der Waals surface area contributed by atoms with Crippen molar-refractivity contribution in [1.82, 2.24) is 0 Å². The van der Waals surface area contributed by atoms with Crippen molar-refractivity contribution in [2.45, 2.75) is 13.5 Å². The van der Waals surface area contributed by atoms with Crippen LogP contribution in [0.15, 0.2) is 46.9 Å². The van der Waals surface area contributed by atoms with Gasteiger partial charge < -0.3 is 14.1 Å². The van der Waals surface area contributed by atoms with E-state index in [2.05, 4.69) is 0 Å². The van der Waals surface area contributed by atoms with Gasteiger partial charge in [0.1, 0.15) is 5.76 Å². The molecule has 2 heterocycles. The lowest BCUT2D eigenvalue weighted by Crippen LogP contribution is -2.25. The molecule has 0 atom stereocenters. The molecular weight excluding hydrogens is 306 g/mol. The van der Waals surface area contributed by atoms with Gasteiger partial charge in [0.05, 0.1) is 19.3 Å². The minimum atomic E-state index is -0.517. The van der Waals surface area contributed by atoms with Gasteiger partial charge in [-0.05, 0) is 30.5 Å². The lowest BCUT2D eigenvalue weighted by molar-refractivity contribution is 0.0562. The van der Waals surface area contributed by atoms with Crippen molar-refractivity contribution in [2.75, 3.05) is 12.0 Å². The van der Waals surface area contributed by atoms with Gasteiger partial charge in [-0.15, -0.1) is 0 Å². The fraction of sp³-hybridized carbons (Fsp3) is 0.158. The summed E-state index contributed by atoms with van der Waals surface area (Å²) in [6.45, 7) is 2.05. The molecule has 1 aromatic heterocycles. The maximum absolute atomic E-state index is 12.8. The molecular formula is C19H15NO4. The van der Waals surface area contributed by atoms with Crippen LogP contribution in [0.3, 0.4) is 0 Å². The summed E-state index contributed by atoms with van der Waals surface area (Å²) < 4.78 is 10.3. The van der Waals surface area contributed by atoms with E-state index in [1.807, 2.05) is 36.4 Å². The van der Waals surface area contributed by atoms with Gasteiger partial charge in [-0.1, -0.05) is 24.3 Å². The number of ether oxygens (including phenoxy) is 1. The Balaban J connectivity index is 1.74. The van der Waals surface area contributed by atoms with E-state index in [-0.39, 0.29) is 18.2 Å². The van der Waals surface area contributed by atoms with E-state index >= 15 is 0 Å². The molecule has 24 heavy (non-hydrogen) atoms. The van der Waals surface area contributed by atoms with Gasteiger partial charge in [0, 0.05) is 16.5 Å². The van der Waals surface area contributed by atoms with E-state index in [9.17, 15) is 9.59 Å². The standard InChI is InChI=1S/C19H15NO4/c1-11-9-13(24-17(11)19(22)23-2)10-20-15-8-4-6-12-5-3-7-14(16(12)15)18(20)21/h3-9H,10H2,1-2H3. The van der Waals surface area contributed by atoms with Crippen LogP contribution in [-0.2, 0) is 11.3 Å². The van der Waals surface area contributed by atoms with E-state index in [1.54, 1.807) is 17.9 Å². The number of rotatable bonds is 3. The number of amides is 1. The van der Waals surface area contributed by atoms with Crippen molar-refractivity contribution in [2.24, 2.45) is 0 Å². The highest BCUT2D eigenvalue weighted by atomic mass is 16.5. The summed E-state index contributed by atoms with van der Waals surface area (Å²) in [5.74, 6) is 0.147. The van der Waals surface area contributed by atoms with E-state index in [4.69, 9.17) is 9.15 Å². The van der Waals surface area contributed by atoms with Crippen molar-refractivity contribution in [3.63, 3.8) is 0 Å². The number of hydrogen-bond donors (Lipinski definition) is 0. The van der Waals surface area contributed by atoms with Gasteiger partial charge in [-0.2, -0.15) is 0 Å². The highest BCUT2D eigenvalue weighted by Crippen LogP contribution is 2.38. The zero-order chi connectivity index (χ0) is 16.8. The van der Waals surface area contributed by atoms with Crippen LogP contribution in [0.2, 0.25) is 0 Å². The van der Waals surface area contributed by atoms with Crippen LogP contribution < -0.4 is 4.90 Å².